The summed E-state index contributed by atoms with van der Waals surface area (Å²) >= 11 is 0. The topological polar surface area (TPSA) is 621 Å². The van der Waals surface area contributed by atoms with E-state index in [2.05, 4.69) is 21.3 Å². The third kappa shape index (κ3) is 16.4. The lowest BCUT2D eigenvalue weighted by molar-refractivity contribution is -0.404. The number of hydrogen-bond acceptors (Lipinski definition) is 36. The lowest BCUT2D eigenvalue weighted by Crippen LogP contribution is -2.71. The smallest absolute Gasteiger partial charge is 0.217 e. The first-order valence-electron chi connectivity index (χ1n) is 28.6. The summed E-state index contributed by atoms with van der Waals surface area (Å²) in [6.45, 7) is -3.33. The van der Waals surface area contributed by atoms with Crippen LogP contribution in [0.1, 0.15) is 27.7 Å². The van der Waals surface area contributed by atoms with Crippen molar-refractivity contribution in [1.82, 2.24) is 21.3 Å². The molecule has 0 aromatic carbocycles. The van der Waals surface area contributed by atoms with Crippen molar-refractivity contribution in [3.63, 3.8) is 0 Å². The third-order valence-electron chi connectivity index (χ3n) is 16.1. The van der Waals surface area contributed by atoms with Crippen LogP contribution in [0.4, 0.5) is 0 Å². The number of rotatable bonds is 23. The molecule has 0 aromatic heterocycles. The van der Waals surface area contributed by atoms with Gasteiger partial charge in [-0.3, -0.25) is 19.2 Å². The van der Waals surface area contributed by atoms with Crippen molar-refractivity contribution >= 4 is 23.6 Å². The van der Waals surface area contributed by atoms with Crippen molar-refractivity contribution in [3.8, 4) is 0 Å². The second-order valence-electron chi connectivity index (χ2n) is 22.5. The van der Waals surface area contributed by atoms with Gasteiger partial charge in [0.1, 0.15) is 171 Å². The van der Waals surface area contributed by atoms with Crippen molar-refractivity contribution in [3.05, 3.63) is 0 Å². The van der Waals surface area contributed by atoms with Crippen molar-refractivity contribution in [2.75, 3.05) is 46.2 Å². The van der Waals surface area contributed by atoms with Crippen LogP contribution in [0.3, 0.4) is 0 Å². The maximum atomic E-state index is 12.7. The molecular formula is C50H84N4O36. The molecule has 35 atom stereocenters. The zero-order valence-corrected chi connectivity index (χ0v) is 48.6. The minimum Gasteiger partial charge on any atom is -0.394 e. The third-order valence-corrected chi connectivity index (χ3v) is 16.1. The van der Waals surface area contributed by atoms with Gasteiger partial charge in [0.25, 0.3) is 0 Å². The predicted molar refractivity (Wildman–Crippen MR) is 278 cm³/mol. The van der Waals surface area contributed by atoms with Crippen LogP contribution < -0.4 is 21.3 Å². The van der Waals surface area contributed by atoms with Gasteiger partial charge in [-0.15, -0.1) is 0 Å². The second-order valence-corrected chi connectivity index (χ2v) is 22.5. The van der Waals surface area contributed by atoms with Crippen LogP contribution in [0.25, 0.3) is 0 Å². The van der Waals surface area contributed by atoms with Crippen molar-refractivity contribution in [2.24, 2.45) is 0 Å². The highest BCUT2D eigenvalue weighted by Crippen LogP contribution is 2.39. The van der Waals surface area contributed by atoms with E-state index in [9.17, 15) is 116 Å². The molecule has 4 amide bonds. The average Bonchev–Trinajstić information content (AvgIpc) is 0.807. The zero-order chi connectivity index (χ0) is 66.5. The quantitative estimate of drug-likeness (QED) is 0.0452. The fourth-order valence-corrected chi connectivity index (χ4v) is 11.5. The van der Waals surface area contributed by atoms with Gasteiger partial charge in [0, 0.05) is 27.7 Å². The summed E-state index contributed by atoms with van der Waals surface area (Å²) in [5.74, 6) is -3.41. The Hall–Kier alpha value is -3.40. The van der Waals surface area contributed by atoms with Gasteiger partial charge < -0.3 is 180 Å². The number of carbonyl (C=O) groups excluding carboxylic acids is 4. The van der Waals surface area contributed by atoms with Gasteiger partial charge in [0.2, 0.25) is 23.6 Å². The molecule has 0 bridgehead atoms. The molecular weight excluding hydrogens is 1230 g/mol. The van der Waals surface area contributed by atoms with E-state index >= 15 is 0 Å². The molecule has 0 aromatic rings. The maximum absolute atomic E-state index is 12.7. The summed E-state index contributed by atoms with van der Waals surface area (Å²) in [6.07, 6.45) is -63.0. The number of nitrogens with one attached hydrogen (secondary N) is 4. The van der Waals surface area contributed by atoms with E-state index in [0.29, 0.717) is 0 Å². The molecule has 90 heavy (non-hydrogen) atoms. The molecule has 7 fully saturated rings. The highest BCUT2D eigenvalue weighted by atomic mass is 16.8. The molecule has 7 rings (SSSR count). The first kappa shape index (κ1) is 74.0. The fraction of sp³-hybridized carbons (Fsp3) is 0.920. The molecule has 0 aliphatic carbocycles. The first-order chi connectivity index (χ1) is 42.5. The van der Waals surface area contributed by atoms with Gasteiger partial charge >= 0.3 is 0 Å². The minimum absolute atomic E-state index is 0.811. The second kappa shape index (κ2) is 32.4. The van der Waals surface area contributed by atoms with Gasteiger partial charge in [-0.2, -0.15) is 0 Å². The van der Waals surface area contributed by atoms with E-state index in [1.807, 2.05) is 0 Å². The Morgan fingerprint density at radius 3 is 0.900 bits per heavy atom. The molecule has 0 spiro atoms. The van der Waals surface area contributed by atoms with E-state index in [-0.39, 0.29) is 0 Å². The van der Waals surface area contributed by atoms with Crippen LogP contribution in [-0.2, 0) is 80.8 Å². The van der Waals surface area contributed by atoms with Gasteiger partial charge in [-0.1, -0.05) is 0 Å². The Bertz CT molecular complexity index is 2310. The van der Waals surface area contributed by atoms with Crippen molar-refractivity contribution in [1.29, 1.82) is 0 Å². The zero-order valence-electron chi connectivity index (χ0n) is 48.6. The molecule has 1 unspecified atom stereocenters. The van der Waals surface area contributed by atoms with Crippen molar-refractivity contribution < 1.29 is 178 Å². The predicted octanol–water partition coefficient (Wildman–Crippen LogP) is -15.7. The molecule has 0 saturated carbocycles. The lowest BCUT2D eigenvalue weighted by atomic mass is 9.94. The van der Waals surface area contributed by atoms with E-state index in [4.69, 9.17) is 61.6 Å². The Labute approximate surface area is 510 Å². The Morgan fingerprint density at radius 1 is 0.289 bits per heavy atom. The highest BCUT2D eigenvalue weighted by Gasteiger charge is 2.60. The molecule has 40 nitrogen and oxygen atoms in total. The van der Waals surface area contributed by atoms with Gasteiger partial charge in [-0.25, -0.2) is 0 Å². The molecule has 520 valence electrons. The Kier molecular flexibility index (Phi) is 26.6. The van der Waals surface area contributed by atoms with Crippen LogP contribution in [0.2, 0.25) is 0 Å². The van der Waals surface area contributed by atoms with E-state index in [0.717, 1.165) is 27.7 Å². The molecule has 7 saturated heterocycles. The molecule has 40 heteroatoms. The highest BCUT2D eigenvalue weighted by molar-refractivity contribution is 5.74. The normalized spacial score (nSPS) is 47.6. The Morgan fingerprint density at radius 2 is 0.567 bits per heavy atom. The van der Waals surface area contributed by atoms with Crippen LogP contribution >= 0.6 is 0 Å². The summed E-state index contributed by atoms with van der Waals surface area (Å²) in [7, 11) is 0. The van der Waals surface area contributed by atoms with Gasteiger partial charge in [0.15, 0.2) is 44.0 Å². The number of hydrogen-bond donors (Lipinski definition) is 23. The van der Waals surface area contributed by atoms with Crippen LogP contribution in [-0.4, -0.2) is 382 Å². The largest absolute Gasteiger partial charge is 0.394 e. The van der Waals surface area contributed by atoms with Crippen molar-refractivity contribution in [2.45, 2.75) is 242 Å². The average molecular weight is 1320 g/mol. The molecule has 0 radical (unpaired) electrons. The van der Waals surface area contributed by atoms with Crippen LogP contribution in [0.5, 0.6) is 0 Å². The van der Waals surface area contributed by atoms with E-state index in [1.165, 1.54) is 0 Å². The van der Waals surface area contributed by atoms with E-state index in [1.54, 1.807) is 0 Å². The van der Waals surface area contributed by atoms with Crippen LogP contribution in [0, 0.1) is 0 Å². The monoisotopic (exact) mass is 1320 g/mol. The summed E-state index contributed by atoms with van der Waals surface area (Å²) in [5.41, 5.74) is 0. The van der Waals surface area contributed by atoms with Gasteiger partial charge in [-0.05, 0) is 0 Å². The standard InChI is InChI=1S/C50H84N4O36/c1-12(61)51-23-32(70)27(65)16(5-55)80-45(23)86-39-21(10-60)85-50(43(37(39)75)90-48-26(54-15(4)64)35(73)30(68)19(8-58)83-48)88-41-38(76)44(77)79-22(40(41)87-46-24(52-13(2)62)33(71)28(66)17(6-56)81-46)11-78-49-42(36(74)31(69)20(9-59)84-49)89-47-25(53-14(3)63)34(72)29(67)18(7-57)82-47/h16-50,55-60,65-77H,5-11H2,1-4H3,(H,51,61)(H,52,62)(H,53,63)(H,54,64)/t16-,17-,18-,19-,20-,21-,22-,23-,24-,25-,26+,27-,28-,29-,30-,31-,32-,33-,34-,35-,36+,37+,38+,39-,40-,41-,42+,43+,44?,45+,46+,47+,48+,49+,50-/m1/s1. The molecule has 23 N–H and O–H groups in total. The van der Waals surface area contributed by atoms with Gasteiger partial charge in [0.05, 0.1) is 46.2 Å². The molecule has 7 aliphatic heterocycles. The number of amides is 4. The summed E-state index contributed by atoms with van der Waals surface area (Å²) in [6, 6.07) is -7.06. The molecule has 7 aliphatic rings. The SMILES string of the molecule is CC(=O)N[C@@H]1[C@H](O[C@@H]2[C@@H](O[C@H]3[C@H](O[C@@H]4O[C@H](CO)[C@@H](O)[C@H](O)[C@H]4NC(C)=O)[C@@H](CO[C@H]4O[C@H](CO)[C@@H](O)[C@H](O)[C@@H]4O[C@@H]4O[C@H](CO)[C@@H](O)[C@H](O)[C@H]4NC(C)=O)OC(O)[C@H]3O)O[C@H](CO)[C@@H](O[C@@H]3O[C@H](CO)[C@@H](O)[C@H](O)[C@H]3NC(C)=O)[C@@H]2O)O[C@H](CO)[C@@H](O)[C@@H]1O. The fourth-order valence-electron chi connectivity index (χ4n) is 11.5. The summed E-state index contributed by atoms with van der Waals surface area (Å²) < 4.78 is 78.0. The Balaban J connectivity index is 1.31. The number of aliphatic hydroxyl groups is 19. The number of aliphatic hydroxyl groups excluding tert-OH is 19. The molecule has 7 heterocycles. The van der Waals surface area contributed by atoms with Crippen LogP contribution in [0.15, 0.2) is 0 Å². The number of ether oxygens (including phenoxy) is 13. The maximum Gasteiger partial charge on any atom is 0.217 e. The minimum atomic E-state index is -2.48. The summed E-state index contributed by atoms with van der Waals surface area (Å²) in [4.78, 5) is 50.0. The number of carbonyl (C=O) groups is 4. The first-order valence-corrected chi connectivity index (χ1v) is 28.6. The van der Waals surface area contributed by atoms with E-state index < -0.39 is 285 Å². The summed E-state index contributed by atoms with van der Waals surface area (Å²) in [5, 5.41) is 218. The lowest BCUT2D eigenvalue weighted by Gasteiger charge is -2.52.